The Morgan fingerprint density at radius 1 is 1.30 bits per heavy atom. The van der Waals surface area contributed by atoms with Crippen LogP contribution < -0.4 is 5.32 Å². The molecule has 1 heterocycles. The van der Waals surface area contributed by atoms with Crippen molar-refractivity contribution in [3.05, 3.63) is 28.7 Å². The van der Waals surface area contributed by atoms with Crippen LogP contribution in [0, 0.1) is 5.92 Å². The average Bonchev–Trinajstić information content (AvgIpc) is 2.55. The van der Waals surface area contributed by atoms with E-state index in [-0.39, 0.29) is 17.9 Å². The highest BCUT2D eigenvalue weighted by Crippen LogP contribution is 2.25. The first-order valence-electron chi connectivity index (χ1n) is 7.90. The van der Waals surface area contributed by atoms with Gasteiger partial charge in [0.05, 0.1) is 4.90 Å². The summed E-state index contributed by atoms with van der Waals surface area (Å²) in [6.45, 7) is 4.78. The zero-order valence-corrected chi connectivity index (χ0v) is 15.9. The number of hydrogen-bond donors (Lipinski definition) is 1. The van der Waals surface area contributed by atoms with Crippen molar-refractivity contribution in [2.75, 3.05) is 13.1 Å². The van der Waals surface area contributed by atoms with E-state index in [4.69, 9.17) is 0 Å². The molecule has 1 unspecified atom stereocenters. The minimum Gasteiger partial charge on any atom is -0.353 e. The zero-order chi connectivity index (χ0) is 17.0. The first-order valence-corrected chi connectivity index (χ1v) is 10.1. The Morgan fingerprint density at radius 3 is 2.39 bits per heavy atom. The molecule has 5 nitrogen and oxygen atoms in total. The zero-order valence-electron chi connectivity index (χ0n) is 13.5. The van der Waals surface area contributed by atoms with Crippen LogP contribution in [0.4, 0.5) is 0 Å². The first-order chi connectivity index (χ1) is 10.8. The predicted octanol–water partition coefficient (Wildman–Crippen LogP) is 2.76. The largest absolute Gasteiger partial charge is 0.353 e. The van der Waals surface area contributed by atoms with Crippen LogP contribution in [0.5, 0.6) is 0 Å². The molecule has 128 valence electrons. The molecule has 1 fully saturated rings. The molecule has 1 saturated heterocycles. The third-order valence-electron chi connectivity index (χ3n) is 4.28. The smallest absolute Gasteiger partial charge is 0.243 e. The predicted molar refractivity (Wildman–Crippen MR) is 93.5 cm³/mol. The average molecular weight is 403 g/mol. The van der Waals surface area contributed by atoms with E-state index < -0.39 is 10.0 Å². The molecule has 1 aliphatic heterocycles. The Morgan fingerprint density at radius 2 is 1.87 bits per heavy atom. The van der Waals surface area contributed by atoms with E-state index in [0.29, 0.717) is 30.8 Å². The highest BCUT2D eigenvalue weighted by molar-refractivity contribution is 9.10. The minimum atomic E-state index is -3.47. The third kappa shape index (κ3) is 4.55. The number of piperidine rings is 1. The van der Waals surface area contributed by atoms with Gasteiger partial charge in [0.15, 0.2) is 0 Å². The summed E-state index contributed by atoms with van der Waals surface area (Å²) in [5, 5.41) is 2.98. The molecule has 1 aromatic carbocycles. The summed E-state index contributed by atoms with van der Waals surface area (Å²) in [4.78, 5) is 12.4. The van der Waals surface area contributed by atoms with Gasteiger partial charge in [-0.25, -0.2) is 8.42 Å². The van der Waals surface area contributed by atoms with Crippen LogP contribution >= 0.6 is 15.9 Å². The van der Waals surface area contributed by atoms with E-state index in [1.165, 1.54) is 4.31 Å². The van der Waals surface area contributed by atoms with Crippen molar-refractivity contribution in [2.24, 2.45) is 5.92 Å². The Kier molecular flexibility index (Phi) is 6.22. The van der Waals surface area contributed by atoms with E-state index >= 15 is 0 Å². The quantitative estimate of drug-likeness (QED) is 0.822. The molecule has 1 N–H and O–H groups in total. The molecule has 0 spiro atoms. The fraction of sp³-hybridized carbons (Fsp3) is 0.562. The van der Waals surface area contributed by atoms with Crippen molar-refractivity contribution in [3.8, 4) is 0 Å². The summed E-state index contributed by atoms with van der Waals surface area (Å²) in [6.07, 6.45) is 2.03. The standard InChI is InChI=1S/C16H23BrN2O3S/c1-3-12(2)18-16(20)13-8-10-19(11-9-13)23(21,22)15-6-4-14(17)5-7-15/h4-7,12-13H,3,8-11H2,1-2H3,(H,18,20). The van der Waals surface area contributed by atoms with Crippen molar-refractivity contribution in [3.63, 3.8) is 0 Å². The molecule has 0 bridgehead atoms. The SMILES string of the molecule is CCC(C)NC(=O)C1CCN(S(=O)(=O)c2ccc(Br)cc2)CC1. The van der Waals surface area contributed by atoms with Crippen molar-refractivity contribution < 1.29 is 13.2 Å². The molecule has 1 atom stereocenters. The Labute approximate surface area is 146 Å². The Hall–Kier alpha value is -0.920. The summed E-state index contributed by atoms with van der Waals surface area (Å²) < 4.78 is 27.5. The maximum absolute atomic E-state index is 12.6. The van der Waals surface area contributed by atoms with E-state index in [1.54, 1.807) is 24.3 Å². The van der Waals surface area contributed by atoms with E-state index in [2.05, 4.69) is 21.2 Å². The molecule has 1 aromatic rings. The number of amides is 1. The lowest BCUT2D eigenvalue weighted by atomic mass is 9.97. The van der Waals surface area contributed by atoms with Crippen LogP contribution in [0.2, 0.25) is 0 Å². The maximum Gasteiger partial charge on any atom is 0.243 e. The van der Waals surface area contributed by atoms with Gasteiger partial charge < -0.3 is 5.32 Å². The van der Waals surface area contributed by atoms with Gasteiger partial charge in [0.25, 0.3) is 0 Å². The topological polar surface area (TPSA) is 66.5 Å². The van der Waals surface area contributed by atoms with Gasteiger partial charge in [0.2, 0.25) is 15.9 Å². The lowest BCUT2D eigenvalue weighted by Gasteiger charge is -2.31. The molecular formula is C16H23BrN2O3S. The fourth-order valence-corrected chi connectivity index (χ4v) is 4.31. The molecule has 0 radical (unpaired) electrons. The van der Waals surface area contributed by atoms with Crippen LogP contribution in [0.3, 0.4) is 0 Å². The van der Waals surface area contributed by atoms with Gasteiger partial charge in [-0.2, -0.15) is 4.31 Å². The second-order valence-electron chi connectivity index (χ2n) is 5.95. The van der Waals surface area contributed by atoms with Crippen molar-refractivity contribution >= 4 is 31.9 Å². The third-order valence-corrected chi connectivity index (χ3v) is 6.72. The number of carbonyl (C=O) groups is 1. The van der Waals surface area contributed by atoms with E-state index in [0.717, 1.165) is 10.9 Å². The highest BCUT2D eigenvalue weighted by Gasteiger charge is 2.32. The van der Waals surface area contributed by atoms with Gasteiger partial charge in [0, 0.05) is 29.5 Å². The molecular weight excluding hydrogens is 380 g/mol. The number of carbonyl (C=O) groups excluding carboxylic acids is 1. The molecule has 2 rings (SSSR count). The Balaban J connectivity index is 1.98. The fourth-order valence-electron chi connectivity index (χ4n) is 2.58. The van der Waals surface area contributed by atoms with E-state index in [1.807, 2.05) is 13.8 Å². The summed E-state index contributed by atoms with van der Waals surface area (Å²) in [6, 6.07) is 6.80. The van der Waals surface area contributed by atoms with Crippen LogP contribution in [-0.2, 0) is 14.8 Å². The van der Waals surface area contributed by atoms with Crippen LogP contribution in [0.15, 0.2) is 33.6 Å². The second-order valence-corrected chi connectivity index (χ2v) is 8.80. The summed E-state index contributed by atoms with van der Waals surface area (Å²) >= 11 is 3.30. The van der Waals surface area contributed by atoms with Gasteiger partial charge >= 0.3 is 0 Å². The highest BCUT2D eigenvalue weighted by atomic mass is 79.9. The molecule has 23 heavy (non-hydrogen) atoms. The van der Waals surface area contributed by atoms with Crippen molar-refractivity contribution in [1.29, 1.82) is 0 Å². The normalized spacial score (nSPS) is 18.6. The van der Waals surface area contributed by atoms with Gasteiger partial charge in [-0.1, -0.05) is 22.9 Å². The number of rotatable bonds is 5. The molecule has 1 amide bonds. The van der Waals surface area contributed by atoms with Gasteiger partial charge in [-0.15, -0.1) is 0 Å². The number of nitrogens with zero attached hydrogens (tertiary/aromatic N) is 1. The summed E-state index contributed by atoms with van der Waals surface area (Å²) in [7, 11) is -3.47. The van der Waals surface area contributed by atoms with Crippen LogP contribution in [0.25, 0.3) is 0 Å². The molecule has 7 heteroatoms. The van der Waals surface area contributed by atoms with Crippen molar-refractivity contribution in [1.82, 2.24) is 9.62 Å². The van der Waals surface area contributed by atoms with Gasteiger partial charge in [-0.05, 0) is 50.5 Å². The second kappa shape index (κ2) is 7.77. The molecule has 1 aliphatic rings. The number of sulfonamides is 1. The number of nitrogens with one attached hydrogen (secondary N) is 1. The number of hydrogen-bond acceptors (Lipinski definition) is 3. The number of halogens is 1. The first kappa shape index (κ1) is 18.4. The lowest BCUT2D eigenvalue weighted by molar-refractivity contribution is -0.126. The summed E-state index contributed by atoms with van der Waals surface area (Å²) in [5.41, 5.74) is 0. The van der Waals surface area contributed by atoms with Gasteiger partial charge in [-0.3, -0.25) is 4.79 Å². The minimum absolute atomic E-state index is 0.0417. The summed E-state index contributed by atoms with van der Waals surface area (Å²) in [5.74, 6) is -0.0552. The van der Waals surface area contributed by atoms with Crippen LogP contribution in [-0.4, -0.2) is 37.8 Å². The Bertz CT molecular complexity index is 638. The number of benzene rings is 1. The van der Waals surface area contributed by atoms with Gasteiger partial charge in [0.1, 0.15) is 0 Å². The molecule has 0 aromatic heterocycles. The van der Waals surface area contributed by atoms with Crippen molar-refractivity contribution in [2.45, 2.75) is 44.0 Å². The molecule has 0 saturated carbocycles. The molecule has 0 aliphatic carbocycles. The monoisotopic (exact) mass is 402 g/mol. The lowest BCUT2D eigenvalue weighted by Crippen LogP contribution is -2.44. The van der Waals surface area contributed by atoms with Crippen LogP contribution in [0.1, 0.15) is 33.1 Å². The van der Waals surface area contributed by atoms with E-state index in [9.17, 15) is 13.2 Å². The maximum atomic E-state index is 12.6.